The van der Waals surface area contributed by atoms with Crippen molar-refractivity contribution >= 4 is 27.5 Å². The summed E-state index contributed by atoms with van der Waals surface area (Å²) < 4.78 is 33.7. The molecule has 3 aromatic rings. The number of benzene rings is 3. The van der Waals surface area contributed by atoms with Crippen molar-refractivity contribution in [3.8, 4) is 5.75 Å². The third-order valence-electron chi connectivity index (χ3n) is 5.90. The third-order valence-corrected chi connectivity index (χ3v) is 7.69. The highest BCUT2D eigenvalue weighted by molar-refractivity contribution is 7.92. The van der Waals surface area contributed by atoms with E-state index < -0.39 is 28.5 Å². The van der Waals surface area contributed by atoms with Gasteiger partial charge in [-0.1, -0.05) is 55.5 Å². The number of nitrogens with zero attached hydrogens (tertiary/aromatic N) is 2. The van der Waals surface area contributed by atoms with E-state index in [9.17, 15) is 18.0 Å². The number of nitrogens with one attached hydrogen (secondary N) is 1. The van der Waals surface area contributed by atoms with Gasteiger partial charge in [0, 0.05) is 13.1 Å². The molecule has 0 fully saturated rings. The maximum atomic E-state index is 13.9. The number of methoxy groups -OCH3 is 1. The molecule has 0 heterocycles. The number of ether oxygens (including phenoxy) is 1. The monoisotopic (exact) mass is 523 g/mol. The maximum absolute atomic E-state index is 13.9. The molecule has 1 atom stereocenters. The lowest BCUT2D eigenvalue weighted by Crippen LogP contribution is -2.52. The fraction of sp³-hybridized carbons (Fsp3) is 0.286. The van der Waals surface area contributed by atoms with Crippen molar-refractivity contribution in [2.45, 2.75) is 37.8 Å². The Morgan fingerprint density at radius 1 is 0.892 bits per heavy atom. The Kier molecular flexibility index (Phi) is 9.68. The number of rotatable bonds is 12. The highest BCUT2D eigenvalue weighted by atomic mass is 32.2. The second-order valence-electron chi connectivity index (χ2n) is 8.35. The summed E-state index contributed by atoms with van der Waals surface area (Å²) >= 11 is 0. The summed E-state index contributed by atoms with van der Waals surface area (Å²) in [5.41, 5.74) is 1.14. The number of hydrogen-bond acceptors (Lipinski definition) is 5. The summed E-state index contributed by atoms with van der Waals surface area (Å²) in [6, 6.07) is 23.0. The average Bonchev–Trinajstić information content (AvgIpc) is 2.92. The predicted octanol–water partition coefficient (Wildman–Crippen LogP) is 3.83. The SMILES string of the molecule is CCNC(=O)[C@@H](CC)N(Cc1ccccc1)C(=O)CN(c1ccc(OC)cc1)S(=O)(=O)c1ccccc1. The van der Waals surface area contributed by atoms with Crippen molar-refractivity contribution in [1.82, 2.24) is 10.2 Å². The van der Waals surface area contributed by atoms with Crippen LogP contribution in [-0.2, 0) is 26.2 Å². The van der Waals surface area contributed by atoms with E-state index in [1.54, 1.807) is 42.5 Å². The van der Waals surface area contributed by atoms with Gasteiger partial charge < -0.3 is 15.0 Å². The molecule has 3 aromatic carbocycles. The largest absolute Gasteiger partial charge is 0.497 e. The Morgan fingerprint density at radius 2 is 1.49 bits per heavy atom. The molecule has 1 N–H and O–H groups in total. The van der Waals surface area contributed by atoms with Gasteiger partial charge in [0.05, 0.1) is 17.7 Å². The van der Waals surface area contributed by atoms with Crippen molar-refractivity contribution in [3.63, 3.8) is 0 Å². The Hall–Kier alpha value is -3.85. The minimum Gasteiger partial charge on any atom is -0.497 e. The molecule has 196 valence electrons. The Labute approximate surface area is 218 Å². The van der Waals surface area contributed by atoms with E-state index in [0.717, 1.165) is 9.87 Å². The summed E-state index contributed by atoms with van der Waals surface area (Å²) in [6.45, 7) is 3.74. The molecular formula is C28H33N3O5S. The van der Waals surface area contributed by atoms with Gasteiger partial charge in [-0.3, -0.25) is 13.9 Å². The molecule has 3 rings (SSSR count). The zero-order chi connectivity index (χ0) is 26.8. The number of amides is 2. The first-order chi connectivity index (χ1) is 17.8. The molecule has 0 aromatic heterocycles. The number of likely N-dealkylation sites (N-methyl/N-ethyl adjacent to an activating group) is 1. The van der Waals surface area contributed by atoms with E-state index in [0.29, 0.717) is 24.4 Å². The van der Waals surface area contributed by atoms with E-state index in [2.05, 4.69) is 5.32 Å². The van der Waals surface area contributed by atoms with Crippen molar-refractivity contribution < 1.29 is 22.7 Å². The quantitative estimate of drug-likeness (QED) is 0.389. The molecule has 9 heteroatoms. The van der Waals surface area contributed by atoms with Crippen LogP contribution >= 0.6 is 0 Å². The second kappa shape index (κ2) is 12.9. The highest BCUT2D eigenvalue weighted by Crippen LogP contribution is 2.26. The van der Waals surface area contributed by atoms with Crippen molar-refractivity contribution in [1.29, 1.82) is 0 Å². The second-order valence-corrected chi connectivity index (χ2v) is 10.2. The first-order valence-electron chi connectivity index (χ1n) is 12.1. The van der Waals surface area contributed by atoms with Gasteiger partial charge in [0.15, 0.2) is 0 Å². The Balaban J connectivity index is 2.03. The van der Waals surface area contributed by atoms with E-state index in [1.807, 2.05) is 44.2 Å². The van der Waals surface area contributed by atoms with Crippen LogP contribution in [0.15, 0.2) is 89.8 Å². The minimum absolute atomic E-state index is 0.0593. The van der Waals surface area contributed by atoms with Crippen LogP contribution in [0.25, 0.3) is 0 Å². The predicted molar refractivity (Wildman–Crippen MR) is 144 cm³/mol. The Morgan fingerprint density at radius 3 is 2.03 bits per heavy atom. The molecule has 8 nitrogen and oxygen atoms in total. The van der Waals surface area contributed by atoms with Gasteiger partial charge >= 0.3 is 0 Å². The topological polar surface area (TPSA) is 96.0 Å². The first-order valence-corrected chi connectivity index (χ1v) is 13.6. The zero-order valence-electron chi connectivity index (χ0n) is 21.3. The molecule has 0 bridgehead atoms. The van der Waals surface area contributed by atoms with Crippen LogP contribution in [0.1, 0.15) is 25.8 Å². The van der Waals surface area contributed by atoms with Gasteiger partial charge in [-0.05, 0) is 55.3 Å². The van der Waals surface area contributed by atoms with Crippen LogP contribution in [0.5, 0.6) is 5.75 Å². The normalized spacial score (nSPS) is 11.9. The molecule has 0 unspecified atom stereocenters. The molecule has 0 saturated heterocycles. The number of carbonyl (C=O) groups is 2. The number of hydrogen-bond donors (Lipinski definition) is 1. The van der Waals surface area contributed by atoms with Crippen LogP contribution in [0.2, 0.25) is 0 Å². The van der Waals surface area contributed by atoms with Crippen molar-refractivity contribution in [2.24, 2.45) is 0 Å². The molecule has 0 aliphatic carbocycles. The lowest BCUT2D eigenvalue weighted by atomic mass is 10.1. The lowest BCUT2D eigenvalue weighted by Gasteiger charge is -2.33. The lowest BCUT2D eigenvalue weighted by molar-refractivity contribution is -0.140. The average molecular weight is 524 g/mol. The van der Waals surface area contributed by atoms with Gasteiger partial charge in [0.25, 0.3) is 10.0 Å². The molecule has 0 aliphatic rings. The molecule has 0 aliphatic heterocycles. The summed E-state index contributed by atoms with van der Waals surface area (Å²) in [4.78, 5) is 28.3. The van der Waals surface area contributed by atoms with Gasteiger partial charge in [-0.25, -0.2) is 8.42 Å². The van der Waals surface area contributed by atoms with Crippen LogP contribution in [-0.4, -0.2) is 51.4 Å². The summed E-state index contributed by atoms with van der Waals surface area (Å²) in [7, 11) is -2.58. The summed E-state index contributed by atoms with van der Waals surface area (Å²) in [5.74, 6) is -0.214. The standard InChI is InChI=1S/C28H33N3O5S/c1-4-26(28(33)29-5-2)30(20-22-12-8-6-9-13-22)27(32)21-31(23-16-18-24(36-3)19-17-23)37(34,35)25-14-10-7-11-15-25/h6-19,26H,4-5,20-21H2,1-3H3,(H,29,33)/t26-/m1/s1. The van der Waals surface area contributed by atoms with Gasteiger partial charge in [0.2, 0.25) is 11.8 Å². The molecule has 0 spiro atoms. The van der Waals surface area contributed by atoms with E-state index >= 15 is 0 Å². The number of sulfonamides is 1. The summed E-state index contributed by atoms with van der Waals surface area (Å²) in [6.07, 6.45) is 0.373. The van der Waals surface area contributed by atoms with Crippen LogP contribution in [0.4, 0.5) is 5.69 Å². The van der Waals surface area contributed by atoms with Crippen LogP contribution in [0, 0.1) is 0 Å². The minimum atomic E-state index is -4.09. The van der Waals surface area contributed by atoms with E-state index in [-0.39, 0.29) is 17.3 Å². The fourth-order valence-corrected chi connectivity index (χ4v) is 5.42. The number of anilines is 1. The number of carbonyl (C=O) groups excluding carboxylic acids is 2. The van der Waals surface area contributed by atoms with E-state index in [4.69, 9.17) is 4.74 Å². The van der Waals surface area contributed by atoms with Gasteiger partial charge in [0.1, 0.15) is 18.3 Å². The van der Waals surface area contributed by atoms with Gasteiger partial charge in [-0.15, -0.1) is 0 Å². The highest BCUT2D eigenvalue weighted by Gasteiger charge is 2.33. The third kappa shape index (κ3) is 6.89. The molecule has 0 saturated carbocycles. The fourth-order valence-electron chi connectivity index (χ4n) is 3.99. The molecule has 37 heavy (non-hydrogen) atoms. The van der Waals surface area contributed by atoms with Crippen LogP contribution in [0.3, 0.4) is 0 Å². The molecular weight excluding hydrogens is 490 g/mol. The Bertz CT molecular complexity index is 1270. The zero-order valence-corrected chi connectivity index (χ0v) is 22.1. The van der Waals surface area contributed by atoms with E-state index in [1.165, 1.54) is 24.1 Å². The first kappa shape index (κ1) is 27.7. The van der Waals surface area contributed by atoms with Crippen LogP contribution < -0.4 is 14.4 Å². The van der Waals surface area contributed by atoms with Crippen molar-refractivity contribution in [3.05, 3.63) is 90.5 Å². The van der Waals surface area contributed by atoms with Gasteiger partial charge in [-0.2, -0.15) is 0 Å². The molecule has 0 radical (unpaired) electrons. The smallest absolute Gasteiger partial charge is 0.264 e. The maximum Gasteiger partial charge on any atom is 0.264 e. The summed E-state index contributed by atoms with van der Waals surface area (Å²) in [5, 5.41) is 2.79. The van der Waals surface area contributed by atoms with Crippen molar-refractivity contribution in [2.75, 3.05) is 24.5 Å². The molecule has 2 amide bonds.